The molecule has 0 bridgehead atoms. The number of amides is 1. The van der Waals surface area contributed by atoms with E-state index in [9.17, 15) is 4.79 Å². The van der Waals surface area contributed by atoms with Crippen molar-refractivity contribution < 1.29 is 14.3 Å². The monoisotopic (exact) mass is 332 g/mol. The van der Waals surface area contributed by atoms with Crippen LogP contribution in [0.2, 0.25) is 0 Å². The molecule has 24 heavy (non-hydrogen) atoms. The first-order valence-electron chi connectivity index (χ1n) is 9.17. The molecular formula is C19H28N2O3. The van der Waals surface area contributed by atoms with Gasteiger partial charge in [-0.05, 0) is 49.9 Å². The van der Waals surface area contributed by atoms with Crippen LogP contribution in [-0.4, -0.2) is 37.8 Å². The van der Waals surface area contributed by atoms with Gasteiger partial charge in [0.2, 0.25) is 5.91 Å². The molecule has 1 aliphatic carbocycles. The summed E-state index contributed by atoms with van der Waals surface area (Å²) in [5.41, 5.74) is 0.801. The maximum Gasteiger partial charge on any atom is 0.238 e. The zero-order valence-corrected chi connectivity index (χ0v) is 14.3. The second-order valence-electron chi connectivity index (χ2n) is 6.73. The van der Waals surface area contributed by atoms with E-state index in [0.717, 1.165) is 30.9 Å². The normalized spacial score (nSPS) is 21.6. The van der Waals surface area contributed by atoms with Crippen LogP contribution in [0.1, 0.15) is 44.9 Å². The predicted molar refractivity (Wildman–Crippen MR) is 94.4 cm³/mol. The first-order valence-corrected chi connectivity index (χ1v) is 9.17. The maximum atomic E-state index is 12.0. The molecule has 5 heteroatoms. The molecule has 0 aromatic heterocycles. The van der Waals surface area contributed by atoms with E-state index in [1.807, 2.05) is 24.3 Å². The Morgan fingerprint density at radius 3 is 2.58 bits per heavy atom. The molecule has 1 aromatic carbocycles. The van der Waals surface area contributed by atoms with Crippen LogP contribution in [0.15, 0.2) is 24.3 Å². The van der Waals surface area contributed by atoms with Crippen molar-refractivity contribution in [3.8, 4) is 5.75 Å². The smallest absolute Gasteiger partial charge is 0.238 e. The quantitative estimate of drug-likeness (QED) is 0.805. The van der Waals surface area contributed by atoms with Crippen LogP contribution >= 0.6 is 0 Å². The molecule has 1 saturated heterocycles. The Morgan fingerprint density at radius 2 is 1.88 bits per heavy atom. The van der Waals surface area contributed by atoms with Gasteiger partial charge in [0.25, 0.3) is 0 Å². The van der Waals surface area contributed by atoms with Gasteiger partial charge in [-0.25, -0.2) is 0 Å². The molecule has 2 N–H and O–H groups in total. The number of carbonyl (C=O) groups excluding carboxylic acids is 1. The Labute approximate surface area is 144 Å². The van der Waals surface area contributed by atoms with Gasteiger partial charge in [0.15, 0.2) is 0 Å². The molecule has 1 heterocycles. The van der Waals surface area contributed by atoms with Crippen molar-refractivity contribution in [1.82, 2.24) is 5.32 Å². The molecular weight excluding hydrogens is 304 g/mol. The highest BCUT2D eigenvalue weighted by Gasteiger charge is 2.16. The van der Waals surface area contributed by atoms with E-state index in [1.165, 1.54) is 32.1 Å². The van der Waals surface area contributed by atoms with Gasteiger partial charge < -0.3 is 20.1 Å². The first-order chi connectivity index (χ1) is 11.8. The minimum atomic E-state index is 0.00796. The Bertz CT molecular complexity index is 506. The third-order valence-electron chi connectivity index (χ3n) is 4.75. The van der Waals surface area contributed by atoms with E-state index in [4.69, 9.17) is 9.47 Å². The van der Waals surface area contributed by atoms with Crippen molar-refractivity contribution in [1.29, 1.82) is 0 Å². The Hall–Kier alpha value is -1.59. The van der Waals surface area contributed by atoms with Gasteiger partial charge in [0.05, 0.1) is 12.6 Å². The van der Waals surface area contributed by atoms with E-state index >= 15 is 0 Å². The maximum absolute atomic E-state index is 12.0. The average molecular weight is 332 g/mol. The molecule has 2 fully saturated rings. The zero-order valence-electron chi connectivity index (χ0n) is 14.3. The molecule has 1 saturated carbocycles. The Kier molecular flexibility index (Phi) is 6.49. The number of rotatable bonds is 7. The summed E-state index contributed by atoms with van der Waals surface area (Å²) in [6.45, 7) is 1.81. The highest BCUT2D eigenvalue weighted by molar-refractivity contribution is 5.92. The Morgan fingerprint density at radius 1 is 1.08 bits per heavy atom. The molecule has 1 amide bonds. The summed E-state index contributed by atoms with van der Waals surface area (Å²) in [4.78, 5) is 12.0. The molecule has 0 radical (unpaired) electrons. The fraction of sp³-hybridized carbons (Fsp3) is 0.632. The molecule has 2 aliphatic rings. The third-order valence-corrected chi connectivity index (χ3v) is 4.75. The molecule has 1 aromatic rings. The topological polar surface area (TPSA) is 59.6 Å². The summed E-state index contributed by atoms with van der Waals surface area (Å²) in [5.74, 6) is 0.817. The third kappa shape index (κ3) is 5.49. The fourth-order valence-corrected chi connectivity index (χ4v) is 3.35. The highest BCUT2D eigenvalue weighted by Crippen LogP contribution is 2.19. The molecule has 1 atom stereocenters. The molecule has 5 nitrogen and oxygen atoms in total. The summed E-state index contributed by atoms with van der Waals surface area (Å²) >= 11 is 0. The predicted octanol–water partition coefficient (Wildman–Crippen LogP) is 3.11. The van der Waals surface area contributed by atoms with E-state index in [1.54, 1.807) is 0 Å². The van der Waals surface area contributed by atoms with Crippen molar-refractivity contribution in [2.75, 3.05) is 25.1 Å². The van der Waals surface area contributed by atoms with Gasteiger partial charge in [-0.15, -0.1) is 0 Å². The van der Waals surface area contributed by atoms with Gasteiger partial charge >= 0.3 is 0 Å². The number of carbonyl (C=O) groups is 1. The zero-order chi connectivity index (χ0) is 16.6. The van der Waals surface area contributed by atoms with Gasteiger partial charge in [-0.2, -0.15) is 0 Å². The van der Waals surface area contributed by atoms with E-state index in [-0.39, 0.29) is 12.0 Å². The van der Waals surface area contributed by atoms with E-state index < -0.39 is 0 Å². The number of nitrogens with one attached hydrogen (secondary N) is 2. The van der Waals surface area contributed by atoms with Crippen molar-refractivity contribution in [2.45, 2.75) is 57.1 Å². The standard InChI is InChI=1S/C19H28N2O3/c22-19(13-20-15-5-2-1-3-6-15)21-16-8-10-17(11-9-16)24-14-18-7-4-12-23-18/h8-11,15,18,20H,1-7,12-14H2,(H,21,22). The first kappa shape index (κ1) is 17.2. The van der Waals surface area contributed by atoms with Crippen molar-refractivity contribution in [3.63, 3.8) is 0 Å². The van der Waals surface area contributed by atoms with Crippen LogP contribution in [0.4, 0.5) is 5.69 Å². The lowest BCUT2D eigenvalue weighted by Crippen LogP contribution is -2.37. The minimum Gasteiger partial charge on any atom is -0.491 e. The van der Waals surface area contributed by atoms with Gasteiger partial charge in [0, 0.05) is 18.3 Å². The van der Waals surface area contributed by atoms with Crippen molar-refractivity contribution in [2.24, 2.45) is 0 Å². The number of hydrogen-bond donors (Lipinski definition) is 2. The van der Waals surface area contributed by atoms with Gasteiger partial charge in [-0.3, -0.25) is 4.79 Å². The van der Waals surface area contributed by atoms with Gasteiger partial charge in [0.1, 0.15) is 12.4 Å². The largest absolute Gasteiger partial charge is 0.491 e. The summed E-state index contributed by atoms with van der Waals surface area (Å²) < 4.78 is 11.3. The van der Waals surface area contributed by atoms with Crippen molar-refractivity contribution in [3.05, 3.63) is 24.3 Å². The number of ether oxygens (including phenoxy) is 2. The molecule has 132 valence electrons. The summed E-state index contributed by atoms with van der Waals surface area (Å²) in [6, 6.07) is 8.03. The summed E-state index contributed by atoms with van der Waals surface area (Å²) in [6.07, 6.45) is 8.64. The van der Waals surface area contributed by atoms with Crippen LogP contribution in [0.5, 0.6) is 5.75 Å². The minimum absolute atomic E-state index is 0.00796. The van der Waals surface area contributed by atoms with E-state index in [2.05, 4.69) is 10.6 Å². The van der Waals surface area contributed by atoms with E-state index in [0.29, 0.717) is 19.2 Å². The molecule has 1 unspecified atom stereocenters. The van der Waals surface area contributed by atoms with Crippen LogP contribution < -0.4 is 15.4 Å². The highest BCUT2D eigenvalue weighted by atomic mass is 16.5. The SMILES string of the molecule is O=C(CNC1CCCCC1)Nc1ccc(OCC2CCCO2)cc1. The number of anilines is 1. The molecule has 3 rings (SSSR count). The lowest BCUT2D eigenvalue weighted by atomic mass is 9.95. The lowest BCUT2D eigenvalue weighted by molar-refractivity contribution is -0.115. The van der Waals surface area contributed by atoms with Crippen molar-refractivity contribution >= 4 is 11.6 Å². The number of benzene rings is 1. The lowest BCUT2D eigenvalue weighted by Gasteiger charge is -2.22. The second-order valence-corrected chi connectivity index (χ2v) is 6.73. The van der Waals surface area contributed by atoms with Crippen LogP contribution in [0.25, 0.3) is 0 Å². The molecule has 1 aliphatic heterocycles. The Balaban J connectivity index is 1.37. The second kappa shape index (κ2) is 9.04. The fourth-order valence-electron chi connectivity index (χ4n) is 3.35. The molecule has 0 spiro atoms. The van der Waals surface area contributed by atoms with Crippen LogP contribution in [0.3, 0.4) is 0 Å². The van der Waals surface area contributed by atoms with Crippen LogP contribution in [-0.2, 0) is 9.53 Å². The summed E-state index contributed by atoms with van der Waals surface area (Å²) in [5, 5.41) is 6.28. The number of hydrogen-bond acceptors (Lipinski definition) is 4. The van der Waals surface area contributed by atoms with Crippen LogP contribution in [0, 0.1) is 0 Å². The average Bonchev–Trinajstić information content (AvgIpc) is 3.14. The van der Waals surface area contributed by atoms with Gasteiger partial charge in [-0.1, -0.05) is 19.3 Å². The summed E-state index contributed by atoms with van der Waals surface area (Å²) in [7, 11) is 0.